The molecule has 1 unspecified atom stereocenters. The molecule has 30 heavy (non-hydrogen) atoms. The van der Waals surface area contributed by atoms with Crippen molar-refractivity contribution < 1.29 is 14.3 Å². The molecule has 1 amide bonds. The van der Waals surface area contributed by atoms with Gasteiger partial charge in [0.1, 0.15) is 13.2 Å². The number of amides is 1. The van der Waals surface area contributed by atoms with E-state index in [-0.39, 0.29) is 35.9 Å². The first-order chi connectivity index (χ1) is 14.1. The number of rotatable bonds is 4. The van der Waals surface area contributed by atoms with Crippen LogP contribution >= 0.6 is 35.6 Å². The van der Waals surface area contributed by atoms with Crippen LogP contribution in [0.4, 0.5) is 0 Å². The molecular weight excluding hydrogens is 519 g/mol. The standard InChI is InChI=1S/C21H29ClN4O3.HI/c1-23-21(24-12-14-10-17(22)19-18(11-14)28-8-9-29-19)25-16-6-7-26(13-16)20(27)15-4-2-3-5-15;/h10-11,15-16H,2-9,12-13H2,1H3,(H2,23,24,25);1H. The first kappa shape index (κ1) is 23.2. The van der Waals surface area contributed by atoms with Crippen molar-refractivity contribution in [3.63, 3.8) is 0 Å². The van der Waals surface area contributed by atoms with E-state index in [4.69, 9.17) is 21.1 Å². The monoisotopic (exact) mass is 548 g/mol. The number of nitrogens with zero attached hydrogens (tertiary/aromatic N) is 2. The maximum absolute atomic E-state index is 12.6. The van der Waals surface area contributed by atoms with Crippen molar-refractivity contribution in [2.75, 3.05) is 33.4 Å². The number of hydrogen-bond acceptors (Lipinski definition) is 4. The van der Waals surface area contributed by atoms with Gasteiger partial charge in [0.15, 0.2) is 17.5 Å². The predicted octanol–water partition coefficient (Wildman–Crippen LogP) is 3.19. The van der Waals surface area contributed by atoms with Gasteiger partial charge in [-0.25, -0.2) is 0 Å². The lowest BCUT2D eigenvalue weighted by atomic mass is 10.1. The number of guanidine groups is 1. The number of nitrogens with one attached hydrogen (secondary N) is 2. The number of benzene rings is 1. The highest BCUT2D eigenvalue weighted by molar-refractivity contribution is 14.0. The highest BCUT2D eigenvalue weighted by Crippen LogP contribution is 2.38. The third-order valence-electron chi connectivity index (χ3n) is 5.89. The van der Waals surface area contributed by atoms with Crippen LogP contribution in [0.5, 0.6) is 11.5 Å². The number of carbonyl (C=O) groups is 1. The van der Waals surface area contributed by atoms with Crippen molar-refractivity contribution in [1.82, 2.24) is 15.5 Å². The first-order valence-electron chi connectivity index (χ1n) is 10.5. The van der Waals surface area contributed by atoms with Gasteiger partial charge >= 0.3 is 0 Å². The average molecular weight is 549 g/mol. The molecule has 2 fully saturated rings. The minimum absolute atomic E-state index is 0. The molecule has 166 valence electrons. The zero-order chi connectivity index (χ0) is 20.2. The Morgan fingerprint density at radius 2 is 2.00 bits per heavy atom. The molecule has 3 aliphatic rings. The number of fused-ring (bicyclic) bond motifs is 1. The second-order valence-corrected chi connectivity index (χ2v) is 8.33. The first-order valence-corrected chi connectivity index (χ1v) is 10.9. The van der Waals surface area contributed by atoms with Crippen LogP contribution in [0.15, 0.2) is 17.1 Å². The molecule has 4 rings (SSSR count). The van der Waals surface area contributed by atoms with Gasteiger partial charge in [0.05, 0.1) is 5.02 Å². The summed E-state index contributed by atoms with van der Waals surface area (Å²) in [4.78, 5) is 19.0. The Labute approximate surface area is 199 Å². The van der Waals surface area contributed by atoms with E-state index in [0.29, 0.717) is 42.2 Å². The highest BCUT2D eigenvalue weighted by Gasteiger charge is 2.32. The van der Waals surface area contributed by atoms with Crippen LogP contribution in [0.2, 0.25) is 5.02 Å². The van der Waals surface area contributed by atoms with E-state index in [9.17, 15) is 4.79 Å². The quantitative estimate of drug-likeness (QED) is 0.344. The van der Waals surface area contributed by atoms with Crippen LogP contribution < -0.4 is 20.1 Å². The van der Waals surface area contributed by atoms with Crippen LogP contribution in [0, 0.1) is 5.92 Å². The zero-order valence-corrected chi connectivity index (χ0v) is 20.4. The molecule has 1 saturated carbocycles. The Hall–Kier alpha value is -1.42. The molecule has 7 nitrogen and oxygen atoms in total. The maximum atomic E-state index is 12.6. The summed E-state index contributed by atoms with van der Waals surface area (Å²) in [7, 11) is 1.75. The largest absolute Gasteiger partial charge is 0.486 e. The normalized spacial score (nSPS) is 21.3. The van der Waals surface area contributed by atoms with E-state index in [1.165, 1.54) is 12.8 Å². The molecular formula is C21H30ClIN4O3. The van der Waals surface area contributed by atoms with Crippen molar-refractivity contribution in [2.45, 2.75) is 44.7 Å². The van der Waals surface area contributed by atoms with Crippen molar-refractivity contribution in [2.24, 2.45) is 10.9 Å². The number of likely N-dealkylation sites (tertiary alicyclic amines) is 1. The summed E-state index contributed by atoms with van der Waals surface area (Å²) in [6, 6.07) is 4.04. The lowest BCUT2D eigenvalue weighted by Crippen LogP contribution is -2.45. The van der Waals surface area contributed by atoms with Crippen molar-refractivity contribution in [1.29, 1.82) is 0 Å². The van der Waals surface area contributed by atoms with Gasteiger partial charge in [0, 0.05) is 38.6 Å². The van der Waals surface area contributed by atoms with E-state index in [0.717, 1.165) is 43.9 Å². The van der Waals surface area contributed by atoms with Crippen LogP contribution in [-0.2, 0) is 11.3 Å². The number of carbonyl (C=O) groups excluding carboxylic acids is 1. The summed E-state index contributed by atoms with van der Waals surface area (Å²) in [6.07, 6.45) is 5.41. The van der Waals surface area contributed by atoms with Gasteiger partial charge in [-0.3, -0.25) is 9.79 Å². The summed E-state index contributed by atoms with van der Waals surface area (Å²) in [6.45, 7) is 3.17. The van der Waals surface area contributed by atoms with Crippen molar-refractivity contribution in [3.8, 4) is 11.5 Å². The van der Waals surface area contributed by atoms with Crippen LogP contribution in [0.1, 0.15) is 37.7 Å². The van der Waals surface area contributed by atoms with E-state index in [1.807, 2.05) is 17.0 Å². The second-order valence-electron chi connectivity index (χ2n) is 7.92. The summed E-state index contributed by atoms with van der Waals surface area (Å²) in [5.74, 6) is 2.59. The molecule has 0 radical (unpaired) electrons. The SMILES string of the molecule is CN=C(NCc1cc(Cl)c2c(c1)OCCO2)NC1CCN(C(=O)C2CCCC2)C1.I. The smallest absolute Gasteiger partial charge is 0.225 e. The minimum atomic E-state index is 0. The van der Waals surface area contributed by atoms with Gasteiger partial charge in [-0.2, -0.15) is 0 Å². The maximum Gasteiger partial charge on any atom is 0.225 e. The molecule has 0 spiro atoms. The van der Waals surface area contributed by atoms with Crippen molar-refractivity contribution in [3.05, 3.63) is 22.7 Å². The molecule has 1 aliphatic carbocycles. The Morgan fingerprint density at radius 3 is 2.77 bits per heavy atom. The van der Waals surface area contributed by atoms with Gasteiger partial charge in [0.25, 0.3) is 0 Å². The number of halogens is 2. The molecule has 0 bridgehead atoms. The molecule has 9 heteroatoms. The average Bonchev–Trinajstić information content (AvgIpc) is 3.43. The number of hydrogen-bond donors (Lipinski definition) is 2. The number of ether oxygens (including phenoxy) is 2. The summed E-state index contributed by atoms with van der Waals surface area (Å²) >= 11 is 6.32. The van der Waals surface area contributed by atoms with Gasteiger partial charge in [0.2, 0.25) is 5.91 Å². The fourth-order valence-electron chi connectivity index (χ4n) is 4.35. The van der Waals surface area contributed by atoms with E-state index < -0.39 is 0 Å². The summed E-state index contributed by atoms with van der Waals surface area (Å²) in [5, 5.41) is 7.32. The molecule has 1 aromatic rings. The molecule has 0 aromatic heterocycles. The molecule has 2 N–H and O–H groups in total. The van der Waals surface area contributed by atoms with Crippen LogP contribution in [0.3, 0.4) is 0 Å². The van der Waals surface area contributed by atoms with Crippen molar-refractivity contribution >= 4 is 47.4 Å². The highest BCUT2D eigenvalue weighted by atomic mass is 127. The van der Waals surface area contributed by atoms with Crippen LogP contribution in [-0.4, -0.2) is 56.2 Å². The van der Waals surface area contributed by atoms with Gasteiger partial charge in [-0.15, -0.1) is 24.0 Å². The zero-order valence-electron chi connectivity index (χ0n) is 17.3. The summed E-state index contributed by atoms with van der Waals surface area (Å²) in [5.41, 5.74) is 0.992. The molecule has 1 atom stereocenters. The van der Waals surface area contributed by atoms with Gasteiger partial charge < -0.3 is 25.0 Å². The predicted molar refractivity (Wildman–Crippen MR) is 128 cm³/mol. The fraction of sp³-hybridized carbons (Fsp3) is 0.619. The molecule has 1 saturated heterocycles. The summed E-state index contributed by atoms with van der Waals surface area (Å²) < 4.78 is 11.2. The Kier molecular flexibility index (Phi) is 8.33. The second kappa shape index (κ2) is 10.7. The lowest BCUT2D eigenvalue weighted by molar-refractivity contribution is -0.134. The minimum Gasteiger partial charge on any atom is -0.486 e. The van der Waals surface area contributed by atoms with E-state index in [2.05, 4.69) is 15.6 Å². The number of aliphatic imine (C=N–C) groups is 1. The molecule has 2 heterocycles. The Morgan fingerprint density at radius 1 is 1.23 bits per heavy atom. The molecule has 1 aromatic carbocycles. The van der Waals surface area contributed by atoms with Crippen LogP contribution in [0.25, 0.3) is 0 Å². The topological polar surface area (TPSA) is 75.2 Å². The van der Waals surface area contributed by atoms with E-state index >= 15 is 0 Å². The third-order valence-corrected chi connectivity index (χ3v) is 6.17. The lowest BCUT2D eigenvalue weighted by Gasteiger charge is -2.22. The Bertz CT molecular complexity index is 786. The Balaban J connectivity index is 0.00000256. The van der Waals surface area contributed by atoms with Gasteiger partial charge in [-0.1, -0.05) is 24.4 Å². The molecule has 2 aliphatic heterocycles. The van der Waals surface area contributed by atoms with Gasteiger partial charge in [-0.05, 0) is 37.0 Å². The fourth-order valence-corrected chi connectivity index (χ4v) is 4.64. The van der Waals surface area contributed by atoms with E-state index in [1.54, 1.807) is 7.05 Å². The third kappa shape index (κ3) is 5.43.